The van der Waals surface area contributed by atoms with Gasteiger partial charge in [0, 0.05) is 24.8 Å². The fourth-order valence-electron chi connectivity index (χ4n) is 4.76. The fraction of sp³-hybridized carbons (Fsp3) is 0.520. The fourth-order valence-corrected chi connectivity index (χ4v) is 5.18. The first kappa shape index (κ1) is 24.1. The number of pyridine rings is 1. The van der Waals surface area contributed by atoms with Crippen LogP contribution >= 0.6 is 23.2 Å². The smallest absolute Gasteiger partial charge is 0.255 e. The molecule has 2 aliphatic heterocycles. The van der Waals surface area contributed by atoms with Crippen LogP contribution in [0.3, 0.4) is 0 Å². The number of likely N-dealkylation sites (tertiary alicyclic amines) is 1. The van der Waals surface area contributed by atoms with Crippen LogP contribution < -0.4 is 15.0 Å². The quantitative estimate of drug-likeness (QED) is 0.535. The zero-order valence-electron chi connectivity index (χ0n) is 19.2. The van der Waals surface area contributed by atoms with Gasteiger partial charge in [-0.05, 0) is 81.9 Å². The van der Waals surface area contributed by atoms with Crippen molar-refractivity contribution in [1.29, 1.82) is 0 Å². The minimum absolute atomic E-state index is 0.263. The van der Waals surface area contributed by atoms with Gasteiger partial charge in [-0.2, -0.15) is 0 Å². The molecule has 0 atom stereocenters. The molecule has 0 radical (unpaired) electrons. The highest BCUT2D eigenvalue weighted by molar-refractivity contribution is 6.32. The average molecular weight is 491 g/mol. The molecule has 0 spiro atoms. The van der Waals surface area contributed by atoms with Crippen molar-refractivity contribution < 1.29 is 9.53 Å². The number of carbonyl (C=O) groups excluding carboxylic acids is 1. The van der Waals surface area contributed by atoms with Gasteiger partial charge >= 0.3 is 0 Å². The summed E-state index contributed by atoms with van der Waals surface area (Å²) in [5, 5.41) is 3.85. The first-order valence-corrected chi connectivity index (χ1v) is 12.6. The summed E-state index contributed by atoms with van der Waals surface area (Å²) in [6.07, 6.45) is 9.26. The van der Waals surface area contributed by atoms with E-state index in [-0.39, 0.29) is 5.91 Å². The van der Waals surface area contributed by atoms with Gasteiger partial charge in [0.05, 0.1) is 22.8 Å². The highest BCUT2D eigenvalue weighted by Crippen LogP contribution is 2.32. The van der Waals surface area contributed by atoms with Gasteiger partial charge in [0.15, 0.2) is 5.82 Å². The average Bonchev–Trinajstić information content (AvgIpc) is 2.84. The molecule has 6 nitrogen and oxygen atoms in total. The van der Waals surface area contributed by atoms with Crippen molar-refractivity contribution in [2.75, 3.05) is 50.1 Å². The molecule has 1 aromatic carbocycles. The van der Waals surface area contributed by atoms with E-state index >= 15 is 0 Å². The molecule has 3 heterocycles. The van der Waals surface area contributed by atoms with Crippen LogP contribution in [0.2, 0.25) is 10.0 Å². The van der Waals surface area contributed by atoms with Crippen LogP contribution in [0.15, 0.2) is 30.5 Å². The van der Waals surface area contributed by atoms with E-state index in [0.29, 0.717) is 27.0 Å². The number of amides is 1. The van der Waals surface area contributed by atoms with E-state index in [0.717, 1.165) is 37.7 Å². The number of anilines is 2. The third-order valence-corrected chi connectivity index (χ3v) is 7.21. The lowest BCUT2D eigenvalue weighted by atomic mass is 9.93. The number of hydrogen-bond acceptors (Lipinski definition) is 5. The standard InChI is InChI=1S/C25H32Cl2N4O2/c1-33-23-6-5-19(15-21(23)27)25(32)29-22-16-20(26)17-28-24(22)31-13-8-18(9-14-31)7-12-30-10-3-2-4-11-30/h5-6,15-18H,2-4,7-14H2,1H3,(H,29,32). The second-order valence-corrected chi connectivity index (χ2v) is 9.79. The predicted octanol–water partition coefficient (Wildman–Crippen LogP) is 5.74. The highest BCUT2D eigenvalue weighted by atomic mass is 35.5. The molecular weight excluding hydrogens is 459 g/mol. The molecule has 0 bridgehead atoms. The molecule has 2 aliphatic rings. The molecular formula is C25H32Cl2N4O2. The van der Waals surface area contributed by atoms with Crippen LogP contribution in [0.25, 0.3) is 0 Å². The Morgan fingerprint density at radius 3 is 2.58 bits per heavy atom. The Bertz CT molecular complexity index is 957. The van der Waals surface area contributed by atoms with E-state index in [1.807, 2.05) is 0 Å². The van der Waals surface area contributed by atoms with E-state index in [4.69, 9.17) is 27.9 Å². The number of carbonyl (C=O) groups is 1. The lowest BCUT2D eigenvalue weighted by Gasteiger charge is -2.35. The van der Waals surface area contributed by atoms with Crippen LogP contribution in [-0.2, 0) is 0 Å². The minimum Gasteiger partial charge on any atom is -0.495 e. The zero-order chi connectivity index (χ0) is 23.2. The molecule has 2 saturated heterocycles. The van der Waals surface area contributed by atoms with Crippen LogP contribution in [0, 0.1) is 5.92 Å². The lowest BCUT2D eigenvalue weighted by Crippen LogP contribution is -2.37. The maximum Gasteiger partial charge on any atom is 0.255 e. The largest absolute Gasteiger partial charge is 0.495 e. The van der Waals surface area contributed by atoms with Crippen LogP contribution in [0.5, 0.6) is 5.75 Å². The Balaban J connectivity index is 1.38. The highest BCUT2D eigenvalue weighted by Gasteiger charge is 2.24. The molecule has 2 fully saturated rings. The Hall–Kier alpha value is -2.02. The molecule has 1 amide bonds. The second-order valence-electron chi connectivity index (χ2n) is 8.95. The molecule has 0 unspecified atom stereocenters. The van der Waals surface area contributed by atoms with E-state index in [2.05, 4.69) is 20.1 Å². The van der Waals surface area contributed by atoms with Gasteiger partial charge in [0.2, 0.25) is 0 Å². The third-order valence-electron chi connectivity index (χ3n) is 6.71. The zero-order valence-corrected chi connectivity index (χ0v) is 20.7. The number of piperidine rings is 2. The first-order valence-electron chi connectivity index (χ1n) is 11.8. The van der Waals surface area contributed by atoms with E-state index in [1.165, 1.54) is 45.3 Å². The molecule has 1 aromatic heterocycles. The summed E-state index contributed by atoms with van der Waals surface area (Å²) < 4.78 is 5.17. The van der Waals surface area contributed by atoms with Gasteiger partial charge in [-0.15, -0.1) is 0 Å². The van der Waals surface area contributed by atoms with Gasteiger partial charge in [-0.25, -0.2) is 4.98 Å². The number of methoxy groups -OCH3 is 1. The number of ether oxygens (including phenoxy) is 1. The summed E-state index contributed by atoms with van der Waals surface area (Å²) in [4.78, 5) is 22.3. The molecule has 33 heavy (non-hydrogen) atoms. The molecule has 1 N–H and O–H groups in total. The molecule has 0 aliphatic carbocycles. The van der Waals surface area contributed by atoms with E-state index in [1.54, 1.807) is 37.6 Å². The van der Waals surface area contributed by atoms with Crippen molar-refractivity contribution in [1.82, 2.24) is 9.88 Å². The summed E-state index contributed by atoms with van der Waals surface area (Å²) in [6.45, 7) is 5.59. The van der Waals surface area contributed by atoms with Crippen LogP contribution in [0.4, 0.5) is 11.5 Å². The van der Waals surface area contributed by atoms with Gasteiger partial charge in [0.1, 0.15) is 5.75 Å². The Morgan fingerprint density at radius 2 is 1.88 bits per heavy atom. The number of nitrogens with one attached hydrogen (secondary N) is 1. The van der Waals surface area contributed by atoms with E-state index in [9.17, 15) is 4.79 Å². The number of rotatable bonds is 7. The van der Waals surface area contributed by atoms with Gasteiger partial charge in [-0.3, -0.25) is 4.79 Å². The molecule has 4 rings (SSSR count). The monoisotopic (exact) mass is 490 g/mol. The van der Waals surface area contributed by atoms with E-state index < -0.39 is 0 Å². The van der Waals surface area contributed by atoms with Gasteiger partial charge in [0.25, 0.3) is 5.91 Å². The van der Waals surface area contributed by atoms with Gasteiger partial charge in [-0.1, -0.05) is 29.6 Å². The van der Waals surface area contributed by atoms with Crippen molar-refractivity contribution in [3.05, 3.63) is 46.1 Å². The Kier molecular flexibility index (Phi) is 8.34. The van der Waals surface area contributed by atoms with Crippen molar-refractivity contribution in [2.45, 2.75) is 38.5 Å². The lowest BCUT2D eigenvalue weighted by molar-refractivity contribution is 0.102. The number of halogens is 2. The topological polar surface area (TPSA) is 57.7 Å². The van der Waals surface area contributed by atoms with Gasteiger partial charge < -0.3 is 19.9 Å². The van der Waals surface area contributed by atoms with Crippen molar-refractivity contribution in [3.8, 4) is 5.75 Å². The molecule has 8 heteroatoms. The predicted molar refractivity (Wildman–Crippen MR) is 135 cm³/mol. The Labute approximate surface area is 206 Å². The number of benzene rings is 1. The number of nitrogens with zero attached hydrogens (tertiary/aromatic N) is 3. The minimum atomic E-state index is -0.263. The third kappa shape index (κ3) is 6.31. The summed E-state index contributed by atoms with van der Waals surface area (Å²) >= 11 is 12.4. The normalized spacial score (nSPS) is 17.7. The molecule has 2 aromatic rings. The maximum atomic E-state index is 12.9. The summed E-state index contributed by atoms with van der Waals surface area (Å²) in [6, 6.07) is 6.73. The molecule has 178 valence electrons. The van der Waals surface area contributed by atoms with Crippen LogP contribution in [0.1, 0.15) is 48.9 Å². The second kappa shape index (κ2) is 11.4. The summed E-state index contributed by atoms with van der Waals surface area (Å²) in [5.41, 5.74) is 1.06. The number of hydrogen-bond donors (Lipinski definition) is 1. The van der Waals surface area contributed by atoms with Crippen molar-refractivity contribution >= 4 is 40.6 Å². The Morgan fingerprint density at radius 1 is 1.12 bits per heavy atom. The summed E-state index contributed by atoms with van der Waals surface area (Å²) in [5.74, 6) is 1.78. The SMILES string of the molecule is COc1ccc(C(=O)Nc2cc(Cl)cnc2N2CCC(CCN3CCCCC3)CC2)cc1Cl. The summed E-state index contributed by atoms with van der Waals surface area (Å²) in [7, 11) is 1.54. The number of aromatic nitrogens is 1. The molecule has 0 saturated carbocycles. The first-order chi connectivity index (χ1) is 16.0. The van der Waals surface area contributed by atoms with Crippen LogP contribution in [-0.4, -0.2) is 55.6 Å². The van der Waals surface area contributed by atoms with Crippen molar-refractivity contribution in [2.24, 2.45) is 5.92 Å². The van der Waals surface area contributed by atoms with Crippen molar-refractivity contribution in [3.63, 3.8) is 0 Å². The maximum absolute atomic E-state index is 12.9.